The van der Waals surface area contributed by atoms with Crippen LogP contribution in [0, 0.1) is 0 Å². The van der Waals surface area contributed by atoms with E-state index >= 15 is 0 Å². The van der Waals surface area contributed by atoms with Crippen molar-refractivity contribution in [1.82, 2.24) is 4.90 Å². The van der Waals surface area contributed by atoms with Gasteiger partial charge in [0.2, 0.25) is 0 Å². The van der Waals surface area contributed by atoms with Crippen LogP contribution >= 0.6 is 0 Å². The molecule has 1 unspecified atom stereocenters. The van der Waals surface area contributed by atoms with Crippen molar-refractivity contribution in [3.8, 4) is 0 Å². The minimum Gasteiger partial charge on any atom is -1.00 e. The quantitative estimate of drug-likeness (QED) is 0.345. The number of nitrogens with zero attached hydrogens (tertiary/aromatic N) is 2. The molecule has 4 heteroatoms. The Kier molecular flexibility index (Phi) is 13.9. The van der Waals surface area contributed by atoms with Crippen LogP contribution in [0.25, 0.3) is 0 Å². The Morgan fingerprint density at radius 3 is 1.97 bits per heavy atom. The molecule has 0 bridgehead atoms. The van der Waals surface area contributed by atoms with E-state index in [0.29, 0.717) is 12.1 Å². The first-order valence-electron chi connectivity index (χ1n) is 11.9. The largest absolute Gasteiger partial charge is 1.00 e. The molecule has 29 heavy (non-hydrogen) atoms. The maximum atomic E-state index is 10.6. The van der Waals surface area contributed by atoms with Crippen molar-refractivity contribution >= 4 is 6.02 Å². The molecule has 1 aliphatic rings. The van der Waals surface area contributed by atoms with Crippen LogP contribution < -0.4 is 12.4 Å². The molecule has 1 atom stereocenters. The molecule has 0 radical (unpaired) electrons. The van der Waals surface area contributed by atoms with Crippen molar-refractivity contribution in [3.63, 3.8) is 0 Å². The summed E-state index contributed by atoms with van der Waals surface area (Å²) in [6, 6.07) is 11.4. The predicted molar refractivity (Wildman–Crippen MR) is 120 cm³/mol. The highest BCUT2D eigenvalue weighted by Gasteiger charge is 2.37. The van der Waals surface area contributed by atoms with Crippen LogP contribution in [0.2, 0.25) is 0 Å². The SMILES string of the molecule is CCCCCCCCCCCCCC1CN(CC)C(O)=[N+]1Cc1ccccc1.[Cl-]. The summed E-state index contributed by atoms with van der Waals surface area (Å²) in [7, 11) is 0. The van der Waals surface area contributed by atoms with Crippen LogP contribution in [0.1, 0.15) is 96.5 Å². The molecule has 0 aliphatic carbocycles. The molecule has 0 spiro atoms. The number of aliphatic hydroxyl groups is 1. The van der Waals surface area contributed by atoms with Crippen LogP contribution in [-0.2, 0) is 6.54 Å². The van der Waals surface area contributed by atoms with Gasteiger partial charge in [-0.1, -0.05) is 101 Å². The van der Waals surface area contributed by atoms with Gasteiger partial charge < -0.3 is 17.5 Å². The van der Waals surface area contributed by atoms with Gasteiger partial charge in [-0.25, -0.2) is 9.48 Å². The summed E-state index contributed by atoms with van der Waals surface area (Å²) in [6.45, 7) is 7.07. The lowest BCUT2D eigenvalue weighted by Crippen LogP contribution is -3.00. The van der Waals surface area contributed by atoms with Crippen molar-refractivity contribution < 1.29 is 22.1 Å². The summed E-state index contributed by atoms with van der Waals surface area (Å²) in [5.41, 5.74) is 1.27. The molecular formula is C25H43ClN2O. The van der Waals surface area contributed by atoms with Gasteiger partial charge in [0, 0.05) is 0 Å². The smallest absolute Gasteiger partial charge is 0.444 e. The molecule has 3 nitrogen and oxygen atoms in total. The van der Waals surface area contributed by atoms with Crippen LogP contribution in [-0.4, -0.2) is 39.7 Å². The number of hydrogen-bond acceptors (Lipinski definition) is 1. The predicted octanol–water partition coefficient (Wildman–Crippen LogP) is 3.52. The number of rotatable bonds is 15. The number of unbranched alkanes of at least 4 members (excludes halogenated alkanes) is 10. The van der Waals surface area contributed by atoms with Gasteiger partial charge in [-0.05, 0) is 25.3 Å². The van der Waals surface area contributed by atoms with Gasteiger partial charge >= 0.3 is 6.02 Å². The highest BCUT2D eigenvalue weighted by Crippen LogP contribution is 2.18. The number of aliphatic hydroxyl groups excluding tert-OH is 1. The highest BCUT2D eigenvalue weighted by atomic mass is 35.5. The zero-order valence-electron chi connectivity index (χ0n) is 18.8. The molecule has 0 saturated carbocycles. The van der Waals surface area contributed by atoms with Gasteiger partial charge in [-0.3, -0.25) is 0 Å². The Morgan fingerprint density at radius 1 is 0.862 bits per heavy atom. The maximum absolute atomic E-state index is 10.6. The summed E-state index contributed by atoms with van der Waals surface area (Å²) in [4.78, 5) is 2.12. The molecule has 1 aliphatic heterocycles. The number of halogens is 1. The van der Waals surface area contributed by atoms with Crippen molar-refractivity contribution in [2.45, 2.75) is 103 Å². The monoisotopic (exact) mass is 422 g/mol. The van der Waals surface area contributed by atoms with Crippen molar-refractivity contribution in [1.29, 1.82) is 0 Å². The Balaban J connectivity index is 0.00000420. The van der Waals surface area contributed by atoms with Gasteiger partial charge in [-0.15, -0.1) is 0 Å². The van der Waals surface area contributed by atoms with E-state index in [2.05, 4.69) is 53.7 Å². The highest BCUT2D eigenvalue weighted by molar-refractivity contribution is 5.67. The third-order valence-corrected chi connectivity index (χ3v) is 6.13. The average molecular weight is 423 g/mol. The lowest BCUT2D eigenvalue weighted by molar-refractivity contribution is -0.578. The second-order valence-electron chi connectivity index (χ2n) is 8.43. The van der Waals surface area contributed by atoms with E-state index < -0.39 is 0 Å². The number of likely N-dealkylation sites (N-methyl/N-ethyl adjacent to an activating group) is 1. The van der Waals surface area contributed by atoms with E-state index in [1.807, 2.05) is 0 Å². The molecule has 1 aromatic carbocycles. The maximum Gasteiger partial charge on any atom is 0.444 e. The number of hydrogen-bond donors (Lipinski definition) is 1. The standard InChI is InChI=1S/C25H42N2O.ClH/c1-3-5-6-7-8-9-10-11-12-13-17-20-24-22-26(4-2)25(28)27(24)21-23-18-15-14-16-19-23;/h14-16,18-19,24H,3-13,17,20-22H2,1-2H3;1H. The zero-order valence-corrected chi connectivity index (χ0v) is 19.5. The first kappa shape index (κ1) is 25.8. The Labute approximate surface area is 185 Å². The summed E-state index contributed by atoms with van der Waals surface area (Å²) in [5.74, 6) is 0. The lowest BCUT2D eigenvalue weighted by atomic mass is 10.0. The second-order valence-corrected chi connectivity index (χ2v) is 8.43. The molecule has 1 heterocycles. The Morgan fingerprint density at radius 2 is 1.41 bits per heavy atom. The first-order valence-corrected chi connectivity index (χ1v) is 11.9. The molecule has 2 rings (SSSR count). The molecule has 0 amide bonds. The van der Waals surface area contributed by atoms with Gasteiger partial charge in [-0.2, -0.15) is 0 Å². The van der Waals surface area contributed by atoms with Crippen molar-refractivity contribution in [2.24, 2.45) is 0 Å². The lowest BCUT2D eigenvalue weighted by Gasteiger charge is -2.12. The third-order valence-electron chi connectivity index (χ3n) is 6.13. The molecule has 0 saturated heterocycles. The van der Waals surface area contributed by atoms with E-state index in [-0.39, 0.29) is 12.4 Å². The molecule has 1 aromatic rings. The number of amidine groups is 1. The van der Waals surface area contributed by atoms with Crippen molar-refractivity contribution in [3.05, 3.63) is 35.9 Å². The Hall–Kier alpha value is -1.22. The first-order chi connectivity index (χ1) is 13.8. The molecule has 0 aromatic heterocycles. The van der Waals surface area contributed by atoms with E-state index in [4.69, 9.17) is 0 Å². The minimum absolute atomic E-state index is 0. The fourth-order valence-electron chi connectivity index (χ4n) is 4.32. The van der Waals surface area contributed by atoms with Crippen LogP contribution in [0.5, 0.6) is 0 Å². The summed E-state index contributed by atoms with van der Waals surface area (Å²) < 4.78 is 2.22. The second kappa shape index (κ2) is 15.6. The normalized spacial score (nSPS) is 16.3. The van der Waals surface area contributed by atoms with Gasteiger partial charge in [0.15, 0.2) is 0 Å². The number of benzene rings is 1. The third kappa shape index (κ3) is 9.42. The minimum atomic E-state index is 0. The molecular weight excluding hydrogens is 380 g/mol. The van der Waals surface area contributed by atoms with Crippen LogP contribution in [0.4, 0.5) is 0 Å². The molecule has 0 fully saturated rings. The van der Waals surface area contributed by atoms with Crippen LogP contribution in [0.3, 0.4) is 0 Å². The molecule has 1 N–H and O–H groups in total. The summed E-state index contributed by atoms with van der Waals surface area (Å²) >= 11 is 0. The van der Waals surface area contributed by atoms with Gasteiger partial charge in [0.1, 0.15) is 19.1 Å². The van der Waals surface area contributed by atoms with Gasteiger partial charge in [0.25, 0.3) is 0 Å². The Bertz CT molecular complexity index is 561. The van der Waals surface area contributed by atoms with E-state index in [9.17, 15) is 5.11 Å². The van der Waals surface area contributed by atoms with E-state index in [0.717, 1.165) is 19.6 Å². The summed E-state index contributed by atoms with van der Waals surface area (Å²) in [6.07, 6.45) is 16.4. The van der Waals surface area contributed by atoms with Gasteiger partial charge in [0.05, 0.1) is 6.54 Å². The fourth-order valence-corrected chi connectivity index (χ4v) is 4.32. The van der Waals surface area contributed by atoms with E-state index in [1.165, 1.54) is 82.6 Å². The van der Waals surface area contributed by atoms with Crippen LogP contribution in [0.15, 0.2) is 30.3 Å². The molecule has 166 valence electrons. The van der Waals surface area contributed by atoms with E-state index in [1.54, 1.807) is 0 Å². The van der Waals surface area contributed by atoms with Crippen molar-refractivity contribution in [2.75, 3.05) is 13.1 Å². The topological polar surface area (TPSA) is 26.5 Å². The zero-order chi connectivity index (χ0) is 20.0. The summed E-state index contributed by atoms with van der Waals surface area (Å²) in [5, 5.41) is 10.6. The average Bonchev–Trinajstić information content (AvgIpc) is 3.02. The fraction of sp³-hybridized carbons (Fsp3) is 0.720.